The summed E-state index contributed by atoms with van der Waals surface area (Å²) in [5.41, 5.74) is 3.95. The van der Waals surface area contributed by atoms with Crippen LogP contribution >= 0.6 is 15.9 Å². The number of aliphatic hydroxyl groups is 1. The van der Waals surface area contributed by atoms with Gasteiger partial charge in [0.1, 0.15) is 6.54 Å². The maximum absolute atomic E-state index is 12.8. The van der Waals surface area contributed by atoms with Gasteiger partial charge in [0.15, 0.2) is 0 Å². The van der Waals surface area contributed by atoms with Crippen molar-refractivity contribution >= 4 is 39.2 Å². The molecule has 2 aromatic carbocycles. The number of benzene rings is 2. The van der Waals surface area contributed by atoms with Crippen LogP contribution in [0.5, 0.6) is 0 Å². The van der Waals surface area contributed by atoms with Gasteiger partial charge in [0.05, 0.1) is 12.6 Å². The molecule has 168 valence electrons. The van der Waals surface area contributed by atoms with Gasteiger partial charge in [-0.1, -0.05) is 46.3 Å². The molecular formula is C24H27BrN4O3. The lowest BCUT2D eigenvalue weighted by molar-refractivity contribution is -0.128. The molecule has 0 radical (unpaired) electrons. The Morgan fingerprint density at radius 3 is 2.69 bits per heavy atom. The van der Waals surface area contributed by atoms with Gasteiger partial charge >= 0.3 is 0 Å². The van der Waals surface area contributed by atoms with E-state index in [1.807, 2.05) is 41.0 Å². The molecule has 7 nitrogen and oxygen atoms in total. The minimum Gasteiger partial charge on any atom is -0.392 e. The Hall–Kier alpha value is -2.68. The van der Waals surface area contributed by atoms with E-state index in [4.69, 9.17) is 0 Å². The highest BCUT2D eigenvalue weighted by atomic mass is 79.9. The molecule has 0 saturated carbocycles. The molecule has 0 unspecified atom stereocenters. The maximum atomic E-state index is 12.8. The van der Waals surface area contributed by atoms with Crippen molar-refractivity contribution in [2.45, 2.75) is 32.2 Å². The third-order valence-electron chi connectivity index (χ3n) is 5.84. The monoisotopic (exact) mass is 498 g/mol. The molecule has 4 rings (SSSR count). The summed E-state index contributed by atoms with van der Waals surface area (Å²) in [4.78, 5) is 25.1. The van der Waals surface area contributed by atoms with Gasteiger partial charge in [0.25, 0.3) is 0 Å². The first-order chi connectivity index (χ1) is 15.6. The predicted octanol–water partition coefficient (Wildman–Crippen LogP) is 2.19. The summed E-state index contributed by atoms with van der Waals surface area (Å²) in [5.74, 6) is -0.0941. The average Bonchev–Trinajstić information content (AvgIpc) is 3.05. The molecule has 0 spiro atoms. The van der Waals surface area contributed by atoms with Crippen molar-refractivity contribution in [1.29, 1.82) is 0 Å². The lowest BCUT2D eigenvalue weighted by atomic mass is 10.1. The number of amides is 2. The van der Waals surface area contributed by atoms with Gasteiger partial charge in [-0.3, -0.25) is 9.59 Å². The van der Waals surface area contributed by atoms with E-state index in [0.29, 0.717) is 19.5 Å². The minimum absolute atomic E-state index is 0.00280. The zero-order valence-electron chi connectivity index (χ0n) is 17.8. The normalized spacial score (nSPS) is 13.9. The van der Waals surface area contributed by atoms with Gasteiger partial charge < -0.3 is 25.2 Å². The molecule has 2 heterocycles. The maximum Gasteiger partial charge on any atom is 0.240 e. The second-order valence-electron chi connectivity index (χ2n) is 8.07. The largest absolute Gasteiger partial charge is 0.392 e. The number of hydrogen-bond donors (Lipinski definition) is 3. The smallest absolute Gasteiger partial charge is 0.240 e. The number of nitrogens with zero attached hydrogens (tertiary/aromatic N) is 2. The summed E-state index contributed by atoms with van der Waals surface area (Å²) in [7, 11) is 0. The summed E-state index contributed by atoms with van der Waals surface area (Å²) in [6.07, 6.45) is 1.48. The molecule has 0 aliphatic carbocycles. The Balaban J connectivity index is 1.51. The van der Waals surface area contributed by atoms with Gasteiger partial charge in [-0.2, -0.15) is 0 Å². The standard InChI is InChI=1S/C24H27BrN4O3/c25-18-6-7-22-20(10-18)21(15-30)23(8-9-26-11-17-4-2-1-3-5-17)29(22)14-24(32)27-19-12-28(13-19)16-31/h1-7,10,16,19,26,30H,8-9,11-15H2,(H,27,32). The number of carbonyl (C=O) groups excluding carboxylic acids is 2. The summed E-state index contributed by atoms with van der Waals surface area (Å²) in [5, 5.41) is 17.6. The van der Waals surface area contributed by atoms with Crippen molar-refractivity contribution in [2.75, 3.05) is 19.6 Å². The van der Waals surface area contributed by atoms with Crippen molar-refractivity contribution in [3.63, 3.8) is 0 Å². The fourth-order valence-electron chi connectivity index (χ4n) is 4.23. The van der Waals surface area contributed by atoms with Gasteiger partial charge in [-0.05, 0) is 23.8 Å². The van der Waals surface area contributed by atoms with Gasteiger partial charge in [0, 0.05) is 59.2 Å². The van der Waals surface area contributed by atoms with E-state index in [-0.39, 0.29) is 25.1 Å². The molecular weight excluding hydrogens is 472 g/mol. The van der Waals surface area contributed by atoms with E-state index >= 15 is 0 Å². The van der Waals surface area contributed by atoms with Crippen molar-refractivity contribution in [3.8, 4) is 0 Å². The van der Waals surface area contributed by atoms with Crippen molar-refractivity contribution in [3.05, 3.63) is 69.8 Å². The van der Waals surface area contributed by atoms with Crippen LogP contribution in [0.4, 0.5) is 0 Å². The molecule has 1 aliphatic rings. The highest BCUT2D eigenvalue weighted by molar-refractivity contribution is 9.10. The number of nitrogens with one attached hydrogen (secondary N) is 2. The molecule has 3 aromatic rings. The lowest BCUT2D eigenvalue weighted by Crippen LogP contribution is -2.59. The average molecular weight is 499 g/mol. The first-order valence-corrected chi connectivity index (χ1v) is 11.5. The van der Waals surface area contributed by atoms with Crippen molar-refractivity contribution in [1.82, 2.24) is 20.1 Å². The van der Waals surface area contributed by atoms with Crippen LogP contribution in [0.15, 0.2) is 53.0 Å². The predicted molar refractivity (Wildman–Crippen MR) is 127 cm³/mol. The van der Waals surface area contributed by atoms with E-state index < -0.39 is 0 Å². The molecule has 32 heavy (non-hydrogen) atoms. The zero-order valence-corrected chi connectivity index (χ0v) is 19.3. The highest BCUT2D eigenvalue weighted by Gasteiger charge is 2.27. The number of fused-ring (bicyclic) bond motifs is 1. The third-order valence-corrected chi connectivity index (χ3v) is 6.34. The molecule has 0 atom stereocenters. The second-order valence-corrected chi connectivity index (χ2v) is 8.98. The van der Waals surface area contributed by atoms with Crippen LogP contribution in [0.25, 0.3) is 10.9 Å². The Morgan fingerprint density at radius 1 is 1.19 bits per heavy atom. The summed E-state index contributed by atoms with van der Waals surface area (Å²) < 4.78 is 2.93. The van der Waals surface area contributed by atoms with E-state index in [1.165, 1.54) is 5.56 Å². The topological polar surface area (TPSA) is 86.6 Å². The van der Waals surface area contributed by atoms with Crippen LogP contribution in [0, 0.1) is 0 Å². The van der Waals surface area contributed by atoms with Gasteiger partial charge in [0.2, 0.25) is 12.3 Å². The number of carbonyl (C=O) groups is 2. The molecule has 0 bridgehead atoms. The highest BCUT2D eigenvalue weighted by Crippen LogP contribution is 2.29. The molecule has 3 N–H and O–H groups in total. The first kappa shape index (κ1) is 22.5. The second kappa shape index (κ2) is 10.3. The van der Waals surface area contributed by atoms with Gasteiger partial charge in [-0.15, -0.1) is 0 Å². The quantitative estimate of drug-likeness (QED) is 0.295. The Bertz CT molecular complexity index is 1090. The third kappa shape index (κ3) is 5.03. The summed E-state index contributed by atoms with van der Waals surface area (Å²) in [6, 6.07) is 16.1. The molecule has 1 aliphatic heterocycles. The zero-order chi connectivity index (χ0) is 22.5. The number of rotatable bonds is 10. The number of aromatic nitrogens is 1. The fourth-order valence-corrected chi connectivity index (χ4v) is 4.60. The molecule has 1 saturated heterocycles. The SMILES string of the molecule is O=CN1CC(NC(=O)Cn2c(CCNCc3ccccc3)c(CO)c3cc(Br)ccc32)C1. The Morgan fingerprint density at radius 2 is 1.97 bits per heavy atom. The molecule has 8 heteroatoms. The van der Waals surface area contributed by atoms with E-state index in [0.717, 1.165) is 46.1 Å². The van der Waals surface area contributed by atoms with Crippen LogP contribution in [0.1, 0.15) is 16.8 Å². The molecule has 1 fully saturated rings. The van der Waals surface area contributed by atoms with Crippen LogP contribution in [0.2, 0.25) is 0 Å². The van der Waals surface area contributed by atoms with E-state index in [2.05, 4.69) is 38.7 Å². The van der Waals surface area contributed by atoms with Crippen LogP contribution < -0.4 is 10.6 Å². The fraction of sp³-hybridized carbons (Fsp3) is 0.333. The number of aliphatic hydroxyl groups excluding tert-OH is 1. The summed E-state index contributed by atoms with van der Waals surface area (Å²) in [6.45, 7) is 2.66. The first-order valence-electron chi connectivity index (χ1n) is 10.7. The van der Waals surface area contributed by atoms with Crippen molar-refractivity contribution < 1.29 is 14.7 Å². The minimum atomic E-state index is -0.0941. The van der Waals surface area contributed by atoms with Gasteiger partial charge in [-0.25, -0.2) is 0 Å². The lowest BCUT2D eigenvalue weighted by Gasteiger charge is -2.36. The van der Waals surface area contributed by atoms with Crippen molar-refractivity contribution in [2.24, 2.45) is 0 Å². The Kier molecular flexibility index (Phi) is 7.24. The summed E-state index contributed by atoms with van der Waals surface area (Å²) >= 11 is 3.52. The number of likely N-dealkylation sites (tertiary alicyclic amines) is 1. The number of halogens is 1. The van der Waals surface area contributed by atoms with Crippen LogP contribution in [-0.4, -0.2) is 52.6 Å². The van der Waals surface area contributed by atoms with E-state index in [9.17, 15) is 14.7 Å². The van der Waals surface area contributed by atoms with Crippen LogP contribution in [0.3, 0.4) is 0 Å². The number of hydrogen-bond acceptors (Lipinski definition) is 4. The molecule has 2 amide bonds. The van der Waals surface area contributed by atoms with E-state index in [1.54, 1.807) is 4.90 Å². The Labute approximate surface area is 195 Å². The van der Waals surface area contributed by atoms with Crippen LogP contribution in [-0.2, 0) is 35.7 Å². The molecule has 1 aromatic heterocycles.